The van der Waals surface area contributed by atoms with Crippen molar-refractivity contribution >= 4 is 34.8 Å². The SMILES string of the molecule is CCc1sc(C(=O)N2CCN([C@H](C(N)=O)c3ccc(Cl)cc3)CC2)cc1C. The van der Waals surface area contributed by atoms with Crippen molar-refractivity contribution in [2.75, 3.05) is 26.2 Å². The zero-order valence-electron chi connectivity index (χ0n) is 15.6. The maximum absolute atomic E-state index is 12.8. The summed E-state index contributed by atoms with van der Waals surface area (Å²) in [6.45, 7) is 6.52. The van der Waals surface area contributed by atoms with Crippen molar-refractivity contribution in [2.45, 2.75) is 26.3 Å². The van der Waals surface area contributed by atoms with Crippen LogP contribution in [-0.2, 0) is 11.2 Å². The zero-order valence-corrected chi connectivity index (χ0v) is 17.1. The Bertz CT molecular complexity index is 826. The summed E-state index contributed by atoms with van der Waals surface area (Å²) in [6.07, 6.45) is 0.943. The summed E-state index contributed by atoms with van der Waals surface area (Å²) in [7, 11) is 0. The van der Waals surface area contributed by atoms with Crippen molar-refractivity contribution < 1.29 is 9.59 Å². The Kier molecular flexibility index (Phi) is 6.19. The molecule has 2 N–H and O–H groups in total. The molecule has 1 saturated heterocycles. The predicted molar refractivity (Wildman–Crippen MR) is 109 cm³/mol. The highest BCUT2D eigenvalue weighted by Gasteiger charge is 2.31. The molecule has 1 aliphatic heterocycles. The summed E-state index contributed by atoms with van der Waals surface area (Å²) >= 11 is 7.52. The molecule has 2 heterocycles. The number of rotatable bonds is 5. The van der Waals surface area contributed by atoms with Crippen molar-refractivity contribution in [2.24, 2.45) is 5.73 Å². The summed E-state index contributed by atoms with van der Waals surface area (Å²) in [5.41, 5.74) is 7.67. The Morgan fingerprint density at radius 2 is 1.81 bits per heavy atom. The summed E-state index contributed by atoms with van der Waals surface area (Å²) in [5, 5.41) is 0.620. The van der Waals surface area contributed by atoms with Crippen molar-refractivity contribution in [3.05, 3.63) is 56.2 Å². The van der Waals surface area contributed by atoms with Gasteiger partial charge in [-0.05, 0) is 42.7 Å². The average Bonchev–Trinajstić information content (AvgIpc) is 3.04. The molecule has 0 saturated carbocycles. The highest BCUT2D eigenvalue weighted by atomic mass is 35.5. The Morgan fingerprint density at radius 1 is 1.19 bits per heavy atom. The van der Waals surface area contributed by atoms with Gasteiger partial charge in [-0.2, -0.15) is 0 Å². The van der Waals surface area contributed by atoms with Gasteiger partial charge in [0.1, 0.15) is 6.04 Å². The van der Waals surface area contributed by atoms with Crippen LogP contribution in [-0.4, -0.2) is 47.8 Å². The largest absolute Gasteiger partial charge is 0.368 e. The van der Waals surface area contributed by atoms with Crippen LogP contribution in [0.2, 0.25) is 5.02 Å². The number of nitrogens with zero attached hydrogens (tertiary/aromatic N) is 2. The van der Waals surface area contributed by atoms with E-state index in [4.69, 9.17) is 17.3 Å². The van der Waals surface area contributed by atoms with Gasteiger partial charge in [-0.3, -0.25) is 14.5 Å². The molecule has 27 heavy (non-hydrogen) atoms. The zero-order chi connectivity index (χ0) is 19.6. The minimum atomic E-state index is -0.504. The van der Waals surface area contributed by atoms with Crippen LogP contribution in [0.5, 0.6) is 0 Å². The molecule has 1 aromatic carbocycles. The second-order valence-electron chi connectivity index (χ2n) is 6.76. The van der Waals surface area contributed by atoms with Gasteiger partial charge in [-0.15, -0.1) is 11.3 Å². The lowest BCUT2D eigenvalue weighted by Gasteiger charge is -2.38. The lowest BCUT2D eigenvalue weighted by atomic mass is 10.0. The van der Waals surface area contributed by atoms with E-state index in [1.54, 1.807) is 23.5 Å². The van der Waals surface area contributed by atoms with E-state index in [9.17, 15) is 9.59 Å². The maximum atomic E-state index is 12.8. The molecule has 3 rings (SSSR count). The third kappa shape index (κ3) is 4.34. The molecule has 7 heteroatoms. The Labute approximate surface area is 168 Å². The predicted octanol–water partition coefficient (Wildman–Crippen LogP) is 3.26. The van der Waals surface area contributed by atoms with Gasteiger partial charge >= 0.3 is 0 Å². The number of hydrogen-bond donors (Lipinski definition) is 1. The summed E-state index contributed by atoms with van der Waals surface area (Å²) in [6, 6.07) is 8.66. The van der Waals surface area contributed by atoms with Gasteiger partial charge in [0.25, 0.3) is 5.91 Å². The Hall–Kier alpha value is -1.89. The first-order chi connectivity index (χ1) is 12.9. The fourth-order valence-corrected chi connectivity index (χ4v) is 4.72. The first-order valence-corrected chi connectivity index (χ1v) is 10.3. The van der Waals surface area contributed by atoms with E-state index in [-0.39, 0.29) is 5.91 Å². The minimum Gasteiger partial charge on any atom is -0.368 e. The average molecular weight is 406 g/mol. The van der Waals surface area contributed by atoms with Crippen molar-refractivity contribution in [3.8, 4) is 0 Å². The summed E-state index contributed by atoms with van der Waals surface area (Å²) in [5.74, 6) is -0.317. The molecule has 144 valence electrons. The first-order valence-electron chi connectivity index (χ1n) is 9.08. The van der Waals surface area contributed by atoms with Crippen molar-refractivity contribution in [3.63, 3.8) is 0 Å². The van der Waals surface area contributed by atoms with Crippen LogP contribution >= 0.6 is 22.9 Å². The first kappa shape index (κ1) is 19.9. The van der Waals surface area contributed by atoms with Crippen LogP contribution in [0.1, 0.15) is 38.6 Å². The van der Waals surface area contributed by atoms with E-state index in [1.807, 2.05) is 34.9 Å². The van der Waals surface area contributed by atoms with Crippen LogP contribution < -0.4 is 5.73 Å². The van der Waals surface area contributed by atoms with Crippen molar-refractivity contribution in [1.82, 2.24) is 9.80 Å². The Morgan fingerprint density at radius 3 is 2.33 bits per heavy atom. The van der Waals surface area contributed by atoms with Crippen molar-refractivity contribution in [1.29, 1.82) is 0 Å². The minimum absolute atomic E-state index is 0.0737. The second-order valence-corrected chi connectivity index (χ2v) is 8.33. The van der Waals surface area contributed by atoms with Crippen LogP contribution in [0.15, 0.2) is 30.3 Å². The smallest absolute Gasteiger partial charge is 0.264 e. The number of carbonyl (C=O) groups excluding carboxylic acids is 2. The molecule has 0 unspecified atom stereocenters. The maximum Gasteiger partial charge on any atom is 0.264 e. The normalized spacial score (nSPS) is 16.3. The van der Waals surface area contributed by atoms with Gasteiger partial charge < -0.3 is 10.6 Å². The molecule has 1 aromatic heterocycles. The highest BCUT2D eigenvalue weighted by molar-refractivity contribution is 7.14. The number of benzene rings is 1. The molecule has 1 fully saturated rings. The molecule has 2 aromatic rings. The standard InChI is InChI=1S/C20H24ClN3O2S/c1-3-16-13(2)12-17(27-16)20(26)24-10-8-23(9-11-24)18(19(22)25)14-4-6-15(21)7-5-14/h4-7,12,18H,3,8-11H2,1-2H3,(H2,22,25)/t18-/m0/s1. The van der Waals surface area contributed by atoms with Gasteiger partial charge in [-0.1, -0.05) is 30.7 Å². The number of aryl methyl sites for hydroxylation is 2. The highest BCUT2D eigenvalue weighted by Crippen LogP contribution is 2.26. The fourth-order valence-electron chi connectivity index (χ4n) is 3.52. The molecule has 0 bridgehead atoms. The molecule has 1 aliphatic rings. The van der Waals surface area contributed by atoms with E-state index < -0.39 is 11.9 Å². The number of amides is 2. The summed E-state index contributed by atoms with van der Waals surface area (Å²) < 4.78 is 0. The van der Waals surface area contributed by atoms with Crippen LogP contribution in [0.4, 0.5) is 0 Å². The van der Waals surface area contributed by atoms with Crippen LogP contribution in [0.3, 0.4) is 0 Å². The molecule has 5 nitrogen and oxygen atoms in total. The summed E-state index contributed by atoms with van der Waals surface area (Å²) in [4.78, 5) is 30.8. The van der Waals surface area contributed by atoms with E-state index in [0.717, 1.165) is 16.9 Å². The quantitative estimate of drug-likeness (QED) is 0.830. The van der Waals surface area contributed by atoms with E-state index in [2.05, 4.69) is 6.92 Å². The number of halogens is 1. The van der Waals surface area contributed by atoms with E-state index in [1.165, 1.54) is 10.4 Å². The molecule has 0 radical (unpaired) electrons. The molecule has 0 spiro atoms. The van der Waals surface area contributed by atoms with Gasteiger partial charge in [-0.25, -0.2) is 0 Å². The van der Waals surface area contributed by atoms with Crippen LogP contribution in [0.25, 0.3) is 0 Å². The van der Waals surface area contributed by atoms with Gasteiger partial charge in [0.2, 0.25) is 5.91 Å². The number of piperazine rings is 1. The lowest BCUT2D eigenvalue weighted by molar-refractivity contribution is -0.124. The lowest BCUT2D eigenvalue weighted by Crippen LogP contribution is -2.51. The van der Waals surface area contributed by atoms with Gasteiger partial charge in [0.15, 0.2) is 0 Å². The third-order valence-electron chi connectivity index (χ3n) is 4.97. The number of hydrogen-bond acceptors (Lipinski definition) is 4. The monoisotopic (exact) mass is 405 g/mol. The Balaban J connectivity index is 1.68. The molecule has 0 aliphatic carbocycles. The topological polar surface area (TPSA) is 66.6 Å². The van der Waals surface area contributed by atoms with Gasteiger partial charge in [0, 0.05) is 36.1 Å². The van der Waals surface area contributed by atoms with E-state index in [0.29, 0.717) is 31.2 Å². The van der Waals surface area contributed by atoms with Crippen LogP contribution in [0, 0.1) is 6.92 Å². The number of carbonyl (C=O) groups is 2. The second kappa shape index (κ2) is 8.42. The fraction of sp³-hybridized carbons (Fsp3) is 0.400. The molecule has 2 amide bonds. The molecular weight excluding hydrogens is 382 g/mol. The van der Waals surface area contributed by atoms with E-state index >= 15 is 0 Å². The third-order valence-corrected chi connectivity index (χ3v) is 6.60. The molecular formula is C20H24ClN3O2S. The van der Waals surface area contributed by atoms with Gasteiger partial charge in [0.05, 0.1) is 4.88 Å². The number of nitrogens with two attached hydrogens (primary N) is 1. The molecule has 1 atom stereocenters. The number of thiophene rings is 1. The number of primary amides is 1.